The first kappa shape index (κ1) is 14.6. The number of hydrogen-bond donors (Lipinski definition) is 2. The number of nitrogens with one attached hydrogen (secondary N) is 1. The van der Waals surface area contributed by atoms with Gasteiger partial charge in [0.25, 0.3) is 0 Å². The lowest BCUT2D eigenvalue weighted by molar-refractivity contribution is 0.258. The van der Waals surface area contributed by atoms with Crippen LogP contribution in [0.4, 0.5) is 5.82 Å². The minimum Gasteiger partial charge on any atom is -0.497 e. The first-order chi connectivity index (χ1) is 9.78. The van der Waals surface area contributed by atoms with Crippen LogP contribution < -0.4 is 10.1 Å². The van der Waals surface area contributed by atoms with Gasteiger partial charge in [0.1, 0.15) is 11.6 Å². The zero-order valence-corrected chi connectivity index (χ0v) is 12.1. The third kappa shape index (κ3) is 3.39. The van der Waals surface area contributed by atoms with Gasteiger partial charge in [-0.25, -0.2) is 4.98 Å². The largest absolute Gasteiger partial charge is 0.497 e. The van der Waals surface area contributed by atoms with E-state index in [0.717, 1.165) is 41.7 Å². The number of ether oxygens (including phenoxy) is 1. The Balaban J connectivity index is 2.20. The van der Waals surface area contributed by atoms with Crippen LogP contribution in [0.3, 0.4) is 0 Å². The minimum atomic E-state index is 0.233. The van der Waals surface area contributed by atoms with Gasteiger partial charge >= 0.3 is 0 Å². The molecule has 4 nitrogen and oxygen atoms in total. The molecule has 1 atom stereocenters. The number of aliphatic hydroxyl groups is 1. The van der Waals surface area contributed by atoms with Crippen molar-refractivity contribution in [3.05, 3.63) is 30.5 Å². The summed E-state index contributed by atoms with van der Waals surface area (Å²) in [5, 5.41) is 14.6. The lowest BCUT2D eigenvalue weighted by Crippen LogP contribution is -2.15. The topological polar surface area (TPSA) is 54.4 Å². The van der Waals surface area contributed by atoms with Gasteiger partial charge in [-0.2, -0.15) is 0 Å². The number of benzene rings is 1. The number of methoxy groups -OCH3 is 1. The summed E-state index contributed by atoms with van der Waals surface area (Å²) < 4.78 is 5.27. The Morgan fingerprint density at radius 2 is 2.20 bits per heavy atom. The number of anilines is 1. The Labute approximate surface area is 119 Å². The van der Waals surface area contributed by atoms with Crippen LogP contribution in [-0.2, 0) is 0 Å². The highest BCUT2D eigenvalue weighted by molar-refractivity contribution is 5.92. The molecule has 1 aromatic heterocycles. The molecule has 1 unspecified atom stereocenters. The Hall–Kier alpha value is -1.81. The van der Waals surface area contributed by atoms with Gasteiger partial charge in [-0.15, -0.1) is 0 Å². The molecule has 0 aliphatic carbocycles. The van der Waals surface area contributed by atoms with E-state index in [0.29, 0.717) is 5.92 Å². The molecule has 0 aliphatic rings. The molecule has 0 saturated heterocycles. The smallest absolute Gasteiger partial charge is 0.133 e. The predicted octanol–water partition coefficient (Wildman–Crippen LogP) is 3.06. The Kier molecular flexibility index (Phi) is 5.18. The van der Waals surface area contributed by atoms with E-state index in [1.165, 1.54) is 0 Å². The molecule has 108 valence electrons. The molecule has 0 radical (unpaired) electrons. The molecule has 0 aliphatic heterocycles. The van der Waals surface area contributed by atoms with Gasteiger partial charge in [-0.1, -0.05) is 19.4 Å². The molecule has 2 aromatic rings. The molecule has 20 heavy (non-hydrogen) atoms. The fraction of sp³-hybridized carbons (Fsp3) is 0.438. The molecular weight excluding hydrogens is 252 g/mol. The van der Waals surface area contributed by atoms with Gasteiger partial charge in [-0.3, -0.25) is 0 Å². The first-order valence-corrected chi connectivity index (χ1v) is 7.06. The van der Waals surface area contributed by atoms with Crippen LogP contribution in [0.25, 0.3) is 10.8 Å². The fourth-order valence-electron chi connectivity index (χ4n) is 2.29. The summed E-state index contributed by atoms with van der Waals surface area (Å²) in [5.41, 5.74) is 0. The van der Waals surface area contributed by atoms with E-state index in [1.807, 2.05) is 30.5 Å². The van der Waals surface area contributed by atoms with Crippen molar-refractivity contribution < 1.29 is 9.84 Å². The zero-order chi connectivity index (χ0) is 14.4. The van der Waals surface area contributed by atoms with E-state index < -0.39 is 0 Å². The van der Waals surface area contributed by atoms with Crippen LogP contribution in [0.1, 0.15) is 19.8 Å². The van der Waals surface area contributed by atoms with E-state index in [9.17, 15) is 0 Å². The van der Waals surface area contributed by atoms with E-state index in [-0.39, 0.29) is 6.61 Å². The summed E-state index contributed by atoms with van der Waals surface area (Å²) in [6.45, 7) is 3.19. The minimum absolute atomic E-state index is 0.233. The third-order valence-electron chi connectivity index (χ3n) is 3.65. The maximum atomic E-state index is 9.05. The van der Waals surface area contributed by atoms with Crippen molar-refractivity contribution in [1.82, 2.24) is 4.98 Å². The second-order valence-electron chi connectivity index (χ2n) is 4.91. The highest BCUT2D eigenvalue weighted by atomic mass is 16.5. The number of aromatic nitrogens is 1. The molecule has 0 saturated carbocycles. The summed E-state index contributed by atoms with van der Waals surface area (Å²) in [4.78, 5) is 4.42. The van der Waals surface area contributed by atoms with E-state index in [4.69, 9.17) is 9.84 Å². The van der Waals surface area contributed by atoms with Gasteiger partial charge in [0, 0.05) is 24.7 Å². The number of rotatable bonds is 7. The molecule has 4 heteroatoms. The number of fused-ring (bicyclic) bond motifs is 1. The van der Waals surface area contributed by atoms with Crippen molar-refractivity contribution in [3.63, 3.8) is 0 Å². The molecule has 0 spiro atoms. The summed E-state index contributed by atoms with van der Waals surface area (Å²) in [5.74, 6) is 2.16. The van der Waals surface area contributed by atoms with Crippen LogP contribution in [0.5, 0.6) is 5.75 Å². The van der Waals surface area contributed by atoms with Crippen LogP contribution in [0.15, 0.2) is 30.5 Å². The maximum absolute atomic E-state index is 9.05. The molecule has 1 aromatic carbocycles. The summed E-state index contributed by atoms with van der Waals surface area (Å²) in [6, 6.07) is 7.97. The highest BCUT2D eigenvalue weighted by Gasteiger charge is 2.08. The standard InChI is InChI=1S/C16H22N2O2/c1-3-12(7-9-19)11-18-16-15-10-14(20-2)5-4-13(15)6-8-17-16/h4-6,8,10,12,19H,3,7,9,11H2,1-2H3,(H,17,18). The van der Waals surface area contributed by atoms with Gasteiger partial charge < -0.3 is 15.2 Å². The Morgan fingerprint density at radius 3 is 2.90 bits per heavy atom. The molecule has 0 bridgehead atoms. The molecule has 2 N–H and O–H groups in total. The van der Waals surface area contributed by atoms with Crippen molar-refractivity contribution in [3.8, 4) is 5.75 Å². The number of hydrogen-bond acceptors (Lipinski definition) is 4. The second-order valence-corrected chi connectivity index (χ2v) is 4.91. The molecule has 0 amide bonds. The monoisotopic (exact) mass is 274 g/mol. The van der Waals surface area contributed by atoms with Gasteiger partial charge in [0.15, 0.2) is 0 Å². The second kappa shape index (κ2) is 7.10. The van der Waals surface area contributed by atoms with Crippen LogP contribution in [-0.4, -0.2) is 30.4 Å². The van der Waals surface area contributed by atoms with Crippen molar-refractivity contribution in [2.24, 2.45) is 5.92 Å². The maximum Gasteiger partial charge on any atom is 0.133 e. The molecule has 1 heterocycles. The lowest BCUT2D eigenvalue weighted by Gasteiger charge is -2.16. The SMILES string of the molecule is CCC(CCO)CNc1nccc2ccc(OC)cc12. The summed E-state index contributed by atoms with van der Waals surface area (Å²) in [7, 11) is 1.67. The average Bonchev–Trinajstić information content (AvgIpc) is 2.50. The van der Waals surface area contributed by atoms with Gasteiger partial charge in [0.05, 0.1) is 7.11 Å². The van der Waals surface area contributed by atoms with Crippen molar-refractivity contribution in [2.75, 3.05) is 25.6 Å². The van der Waals surface area contributed by atoms with Crippen LogP contribution in [0, 0.1) is 5.92 Å². The van der Waals surface area contributed by atoms with E-state index in [1.54, 1.807) is 7.11 Å². The number of aliphatic hydroxyl groups excluding tert-OH is 1. The van der Waals surface area contributed by atoms with E-state index in [2.05, 4.69) is 17.2 Å². The fourth-order valence-corrected chi connectivity index (χ4v) is 2.29. The van der Waals surface area contributed by atoms with Crippen LogP contribution in [0.2, 0.25) is 0 Å². The highest BCUT2D eigenvalue weighted by Crippen LogP contribution is 2.26. The number of nitrogens with zero attached hydrogens (tertiary/aromatic N) is 1. The Bertz CT molecular complexity index is 557. The molecule has 2 rings (SSSR count). The summed E-state index contributed by atoms with van der Waals surface area (Å²) in [6.07, 6.45) is 3.67. The van der Waals surface area contributed by atoms with Gasteiger partial charge in [-0.05, 0) is 35.9 Å². The quantitative estimate of drug-likeness (QED) is 0.814. The van der Waals surface area contributed by atoms with E-state index >= 15 is 0 Å². The molecule has 0 fully saturated rings. The zero-order valence-electron chi connectivity index (χ0n) is 12.1. The van der Waals surface area contributed by atoms with Crippen molar-refractivity contribution in [2.45, 2.75) is 19.8 Å². The predicted molar refractivity (Wildman–Crippen MR) is 82.3 cm³/mol. The first-order valence-electron chi connectivity index (χ1n) is 7.06. The van der Waals surface area contributed by atoms with Crippen LogP contribution >= 0.6 is 0 Å². The average molecular weight is 274 g/mol. The normalized spacial score (nSPS) is 12.3. The Morgan fingerprint density at radius 1 is 1.35 bits per heavy atom. The summed E-state index contributed by atoms with van der Waals surface area (Å²) >= 11 is 0. The van der Waals surface area contributed by atoms with Crippen molar-refractivity contribution >= 4 is 16.6 Å². The third-order valence-corrected chi connectivity index (χ3v) is 3.65. The lowest BCUT2D eigenvalue weighted by atomic mass is 10.0. The van der Waals surface area contributed by atoms with Crippen molar-refractivity contribution in [1.29, 1.82) is 0 Å². The number of pyridine rings is 1. The van der Waals surface area contributed by atoms with Gasteiger partial charge in [0.2, 0.25) is 0 Å². The molecular formula is C16H22N2O2.